The second-order valence-electron chi connectivity index (χ2n) is 8.02. The molecule has 2 aromatic rings. The van der Waals surface area contributed by atoms with Gasteiger partial charge in [0.2, 0.25) is 5.91 Å². The van der Waals surface area contributed by atoms with E-state index in [2.05, 4.69) is 15.3 Å². The monoisotopic (exact) mass is 512 g/mol. The minimum Gasteiger partial charge on any atom is -0.368 e. The van der Waals surface area contributed by atoms with E-state index in [1.165, 1.54) is 11.3 Å². The fourth-order valence-electron chi connectivity index (χ4n) is 3.97. The summed E-state index contributed by atoms with van der Waals surface area (Å²) in [6.07, 6.45) is 4.27. The van der Waals surface area contributed by atoms with Crippen LogP contribution >= 0.6 is 38.3 Å². The number of amides is 2. The summed E-state index contributed by atoms with van der Waals surface area (Å²) in [6, 6.07) is 2.45. The van der Waals surface area contributed by atoms with Crippen molar-refractivity contribution in [1.82, 2.24) is 20.2 Å². The number of nitrogens with one attached hydrogen (secondary N) is 1. The molecule has 33 heavy (non-hydrogen) atoms. The van der Waals surface area contributed by atoms with Gasteiger partial charge in [-0.15, -0.1) is 11.3 Å². The quantitative estimate of drug-likeness (QED) is 0.639. The van der Waals surface area contributed by atoms with Gasteiger partial charge < -0.3 is 15.0 Å². The molecule has 8 nitrogen and oxygen atoms in total. The highest BCUT2D eigenvalue weighted by molar-refractivity contribution is 7.59. The van der Waals surface area contributed by atoms with Gasteiger partial charge in [-0.05, 0) is 30.9 Å². The van der Waals surface area contributed by atoms with Crippen molar-refractivity contribution in [3.63, 3.8) is 0 Å². The molecule has 4 rings (SSSR count). The molecule has 0 unspecified atom stereocenters. The van der Waals surface area contributed by atoms with E-state index in [9.17, 15) is 14.4 Å². The number of carbonyl (C=O) groups is 3. The van der Waals surface area contributed by atoms with Crippen molar-refractivity contribution in [2.75, 3.05) is 13.2 Å². The fourth-order valence-corrected chi connectivity index (χ4v) is 4.76. The number of ketones is 1. The van der Waals surface area contributed by atoms with Gasteiger partial charge in [-0.2, -0.15) is 27.0 Å². The van der Waals surface area contributed by atoms with E-state index in [0.717, 1.165) is 5.56 Å². The largest absolute Gasteiger partial charge is 0.368 e. The van der Waals surface area contributed by atoms with Crippen LogP contribution in [0.3, 0.4) is 0 Å². The summed E-state index contributed by atoms with van der Waals surface area (Å²) < 4.78 is 5.48. The summed E-state index contributed by atoms with van der Waals surface area (Å²) in [6.45, 7) is 4.50. The normalized spacial score (nSPS) is 19.7. The molecule has 2 aromatic heterocycles. The Morgan fingerprint density at radius 2 is 2.09 bits per heavy atom. The standard InChI is InChI=1S/C21H24N4O4S.CH4.2H2S/c1-12(2)8-14(21(28)25-7-5-17-18(25)16(26)10-29-17)23-19(27)15-11-30-20(24-15)13-4-3-6-22-9-13;;;/h3-4,6,9,11-12,14,17-18H,5,7-8,10H2,1-2H3,(H,23,27);1H4;2*1H2/t14-,17+,18+;;;/m0.../s1. The second-order valence-corrected chi connectivity index (χ2v) is 8.87. The van der Waals surface area contributed by atoms with Gasteiger partial charge in [-0.1, -0.05) is 21.3 Å². The van der Waals surface area contributed by atoms with E-state index >= 15 is 0 Å². The van der Waals surface area contributed by atoms with Gasteiger partial charge >= 0.3 is 0 Å². The van der Waals surface area contributed by atoms with E-state index in [-0.39, 0.29) is 70.4 Å². The lowest BCUT2D eigenvalue weighted by molar-refractivity contribution is -0.138. The van der Waals surface area contributed by atoms with Gasteiger partial charge in [0, 0.05) is 29.9 Å². The van der Waals surface area contributed by atoms with Crippen LogP contribution in [0.15, 0.2) is 29.9 Å². The van der Waals surface area contributed by atoms with Crippen molar-refractivity contribution >= 4 is 55.9 Å². The predicted octanol–water partition coefficient (Wildman–Crippen LogP) is 2.78. The summed E-state index contributed by atoms with van der Waals surface area (Å²) in [5.41, 5.74) is 1.10. The van der Waals surface area contributed by atoms with Crippen molar-refractivity contribution in [3.05, 3.63) is 35.6 Å². The average molecular weight is 513 g/mol. The number of fused-ring (bicyclic) bond motifs is 1. The zero-order chi connectivity index (χ0) is 21.3. The number of ether oxygens (including phenoxy) is 1. The first-order valence-electron chi connectivity index (χ1n) is 10.1. The van der Waals surface area contributed by atoms with Gasteiger partial charge in [0.1, 0.15) is 29.4 Å². The minimum absolute atomic E-state index is 0. The van der Waals surface area contributed by atoms with Gasteiger partial charge in [-0.3, -0.25) is 19.4 Å². The summed E-state index contributed by atoms with van der Waals surface area (Å²) in [5, 5.41) is 5.21. The third-order valence-electron chi connectivity index (χ3n) is 5.35. The maximum atomic E-state index is 13.2. The first kappa shape index (κ1) is 29.1. The SMILES string of the molecule is C.CC(C)C[C@H](NC(=O)c1csc(-c2cccnc2)n1)C(=O)N1CC[C@H]2OCC(=O)[C@H]21.S.S. The Labute approximate surface area is 212 Å². The van der Waals surface area contributed by atoms with Crippen LogP contribution in [0.1, 0.15) is 44.6 Å². The molecule has 0 saturated carbocycles. The van der Waals surface area contributed by atoms with Crippen LogP contribution in [0.4, 0.5) is 0 Å². The van der Waals surface area contributed by atoms with E-state index in [4.69, 9.17) is 4.74 Å². The molecule has 2 fully saturated rings. The van der Waals surface area contributed by atoms with Crippen molar-refractivity contribution < 1.29 is 19.1 Å². The van der Waals surface area contributed by atoms with Gasteiger partial charge in [0.25, 0.3) is 5.91 Å². The maximum Gasteiger partial charge on any atom is 0.271 e. The summed E-state index contributed by atoms with van der Waals surface area (Å²) in [5.74, 6) is -0.507. The minimum atomic E-state index is -0.715. The zero-order valence-electron chi connectivity index (χ0n) is 17.9. The molecule has 182 valence electrons. The number of hydrogen-bond acceptors (Lipinski definition) is 7. The number of aromatic nitrogens is 2. The molecule has 2 aliphatic heterocycles. The van der Waals surface area contributed by atoms with Crippen LogP contribution in [0.25, 0.3) is 10.6 Å². The Balaban J connectivity index is 0.00000181. The van der Waals surface area contributed by atoms with Gasteiger partial charge in [-0.25, -0.2) is 4.98 Å². The number of carbonyl (C=O) groups excluding carboxylic acids is 3. The summed E-state index contributed by atoms with van der Waals surface area (Å²) in [4.78, 5) is 48.3. The van der Waals surface area contributed by atoms with Crippen molar-refractivity contribution in [2.24, 2.45) is 5.92 Å². The van der Waals surface area contributed by atoms with Gasteiger partial charge in [0.05, 0.1) is 6.10 Å². The Hall–Kier alpha value is -1.95. The molecule has 0 aliphatic carbocycles. The lowest BCUT2D eigenvalue weighted by atomic mass is 10.0. The van der Waals surface area contributed by atoms with Crippen LogP contribution in [-0.4, -0.2) is 63.8 Å². The van der Waals surface area contributed by atoms with Crippen molar-refractivity contribution in [2.45, 2.75) is 52.3 Å². The van der Waals surface area contributed by atoms with E-state index in [0.29, 0.717) is 24.4 Å². The Kier molecular flexibility index (Phi) is 11.0. The highest BCUT2D eigenvalue weighted by Gasteiger charge is 2.48. The van der Waals surface area contributed by atoms with Crippen LogP contribution in [0.5, 0.6) is 0 Å². The first-order valence-corrected chi connectivity index (χ1v) is 10.9. The number of rotatable bonds is 6. The second kappa shape index (κ2) is 12.5. The molecule has 2 aliphatic rings. The molecular weight excluding hydrogens is 480 g/mol. The Morgan fingerprint density at radius 1 is 1.33 bits per heavy atom. The lowest BCUT2D eigenvalue weighted by Gasteiger charge is -2.28. The van der Waals surface area contributed by atoms with Crippen molar-refractivity contribution in [3.8, 4) is 10.6 Å². The number of thiazole rings is 1. The van der Waals surface area contributed by atoms with E-state index in [1.807, 2.05) is 26.0 Å². The summed E-state index contributed by atoms with van der Waals surface area (Å²) >= 11 is 1.35. The lowest BCUT2D eigenvalue weighted by Crippen LogP contribution is -2.52. The van der Waals surface area contributed by atoms with Crippen LogP contribution in [0, 0.1) is 5.92 Å². The number of pyridine rings is 1. The molecule has 2 amide bonds. The molecule has 4 heterocycles. The van der Waals surface area contributed by atoms with Crippen LogP contribution in [-0.2, 0) is 14.3 Å². The first-order chi connectivity index (χ1) is 14.4. The molecule has 1 N–H and O–H groups in total. The molecular formula is C22H32N4O4S3. The highest BCUT2D eigenvalue weighted by atomic mass is 32.1. The molecule has 2 saturated heterocycles. The number of Topliss-reactive ketones (excluding diaryl/α,β-unsaturated/α-hetero) is 1. The highest BCUT2D eigenvalue weighted by Crippen LogP contribution is 2.28. The third kappa shape index (κ3) is 6.34. The van der Waals surface area contributed by atoms with Crippen LogP contribution < -0.4 is 5.32 Å². The maximum absolute atomic E-state index is 13.2. The van der Waals surface area contributed by atoms with Crippen LogP contribution in [0.2, 0.25) is 0 Å². The average Bonchev–Trinajstić information content (AvgIpc) is 3.45. The molecule has 0 aromatic carbocycles. The number of hydrogen-bond donors (Lipinski definition) is 1. The predicted molar refractivity (Wildman–Crippen MR) is 138 cm³/mol. The Morgan fingerprint density at radius 3 is 2.76 bits per heavy atom. The smallest absolute Gasteiger partial charge is 0.271 e. The fraction of sp³-hybridized carbons (Fsp3) is 0.500. The van der Waals surface area contributed by atoms with Crippen molar-refractivity contribution in [1.29, 1.82) is 0 Å². The molecule has 3 atom stereocenters. The third-order valence-corrected chi connectivity index (χ3v) is 6.24. The molecule has 0 spiro atoms. The zero-order valence-corrected chi connectivity index (χ0v) is 20.7. The molecule has 0 radical (unpaired) electrons. The molecule has 0 bridgehead atoms. The topological polar surface area (TPSA) is 101 Å². The van der Waals surface area contributed by atoms with E-state index in [1.54, 1.807) is 22.7 Å². The van der Waals surface area contributed by atoms with Gasteiger partial charge in [0.15, 0.2) is 5.78 Å². The summed E-state index contributed by atoms with van der Waals surface area (Å²) in [7, 11) is 0. The molecule has 11 heteroatoms. The number of likely N-dealkylation sites (tertiary alicyclic amines) is 1. The Bertz CT molecular complexity index is 954. The number of nitrogens with zero attached hydrogens (tertiary/aromatic N) is 3. The van der Waals surface area contributed by atoms with E-state index < -0.39 is 18.0 Å².